The number of anilines is 1. The van der Waals surface area contributed by atoms with Crippen LogP contribution in [0.5, 0.6) is 0 Å². The van der Waals surface area contributed by atoms with Gasteiger partial charge in [-0.2, -0.15) is 5.26 Å². The Morgan fingerprint density at radius 2 is 1.70 bits per heavy atom. The Labute approximate surface area is 175 Å². The third-order valence-electron chi connectivity index (χ3n) is 4.05. The predicted octanol–water partition coefficient (Wildman–Crippen LogP) is 2.57. The van der Waals surface area contributed by atoms with Crippen LogP contribution in [-0.2, 0) is 10.0 Å². The molecule has 0 saturated heterocycles. The van der Waals surface area contributed by atoms with Crippen LogP contribution in [0.1, 0.15) is 0 Å². The van der Waals surface area contributed by atoms with Crippen LogP contribution >= 0.6 is 0 Å². The molecule has 2 aromatic carbocycles. The molecule has 0 unspecified atom stereocenters. The second-order valence-corrected chi connectivity index (χ2v) is 7.82. The van der Waals surface area contributed by atoms with Crippen molar-refractivity contribution < 1.29 is 8.42 Å². The van der Waals surface area contributed by atoms with Crippen LogP contribution in [-0.4, -0.2) is 32.5 Å². The molecule has 0 bridgehead atoms. The van der Waals surface area contributed by atoms with Crippen molar-refractivity contribution in [2.45, 2.75) is 4.90 Å². The summed E-state index contributed by atoms with van der Waals surface area (Å²) in [7, 11) is -3.74. The maximum Gasteiger partial charge on any atom is 0.241 e. The van der Waals surface area contributed by atoms with Crippen molar-refractivity contribution in [1.29, 1.82) is 5.26 Å². The second kappa shape index (κ2) is 10.2. The van der Waals surface area contributed by atoms with Gasteiger partial charge in [-0.3, -0.25) is 15.3 Å². The first-order valence-electron chi connectivity index (χ1n) is 9.11. The third-order valence-corrected chi connectivity index (χ3v) is 5.57. The molecule has 0 radical (unpaired) electrons. The summed E-state index contributed by atoms with van der Waals surface area (Å²) in [4.78, 5) is 8.33. The van der Waals surface area contributed by atoms with Crippen LogP contribution in [0.2, 0.25) is 0 Å². The van der Waals surface area contributed by atoms with Gasteiger partial charge < -0.3 is 5.32 Å². The summed E-state index contributed by atoms with van der Waals surface area (Å²) in [6, 6.07) is 19.6. The van der Waals surface area contributed by atoms with Gasteiger partial charge in [-0.1, -0.05) is 48.5 Å². The minimum Gasteiger partial charge on any atom is -0.325 e. The van der Waals surface area contributed by atoms with Gasteiger partial charge in [-0.05, 0) is 23.8 Å². The van der Waals surface area contributed by atoms with Crippen molar-refractivity contribution in [2.75, 3.05) is 18.4 Å². The SMILES string of the molecule is N#CNC(=NCCNS(=O)(=O)c1ccccc1-c1ccccc1)Nc1ccncc1. The topological polar surface area (TPSA) is 119 Å². The van der Waals surface area contributed by atoms with Gasteiger partial charge in [0.05, 0.1) is 11.4 Å². The standard InChI is InChI=1S/C21H20N6O2S/c22-16-25-21(27-18-10-12-23-13-11-18)24-14-15-26-30(28,29)20-9-5-4-8-19(20)17-6-2-1-3-7-17/h1-13,26H,14-15H2,(H2,23,24,25,27). The number of nitriles is 1. The Morgan fingerprint density at radius 3 is 2.43 bits per heavy atom. The van der Waals surface area contributed by atoms with Crippen LogP contribution in [0.25, 0.3) is 11.1 Å². The zero-order valence-corrected chi connectivity index (χ0v) is 16.8. The molecule has 30 heavy (non-hydrogen) atoms. The molecule has 8 nitrogen and oxygen atoms in total. The smallest absolute Gasteiger partial charge is 0.241 e. The highest BCUT2D eigenvalue weighted by Gasteiger charge is 2.18. The van der Waals surface area contributed by atoms with Crippen molar-refractivity contribution in [2.24, 2.45) is 4.99 Å². The molecule has 3 aromatic rings. The summed E-state index contributed by atoms with van der Waals surface area (Å²) in [5, 5.41) is 14.3. The molecule has 0 amide bonds. The number of benzene rings is 2. The summed E-state index contributed by atoms with van der Waals surface area (Å²) in [5.74, 6) is 0.215. The molecule has 0 aliphatic carbocycles. The van der Waals surface area contributed by atoms with Crippen LogP contribution < -0.4 is 15.4 Å². The molecular formula is C21H20N6O2S. The molecule has 0 fully saturated rings. The van der Waals surface area contributed by atoms with Gasteiger partial charge in [0, 0.05) is 30.2 Å². The summed E-state index contributed by atoms with van der Waals surface area (Å²) in [6.45, 7) is 0.203. The fourth-order valence-corrected chi connectivity index (χ4v) is 3.97. The normalized spacial score (nSPS) is 11.5. The molecule has 152 valence electrons. The fraction of sp³-hybridized carbons (Fsp3) is 0.0952. The van der Waals surface area contributed by atoms with Gasteiger partial charge in [0.25, 0.3) is 0 Å². The molecule has 0 spiro atoms. The van der Waals surface area contributed by atoms with E-state index in [2.05, 4.69) is 25.3 Å². The zero-order valence-electron chi connectivity index (χ0n) is 16.0. The minimum absolute atomic E-state index is 0.0695. The Bertz CT molecular complexity index is 1140. The highest BCUT2D eigenvalue weighted by molar-refractivity contribution is 7.89. The van der Waals surface area contributed by atoms with Gasteiger partial charge >= 0.3 is 0 Å². The molecule has 9 heteroatoms. The van der Waals surface area contributed by atoms with E-state index in [0.717, 1.165) is 5.56 Å². The van der Waals surface area contributed by atoms with Gasteiger partial charge in [-0.25, -0.2) is 13.1 Å². The van der Waals surface area contributed by atoms with E-state index in [1.807, 2.05) is 30.3 Å². The first-order chi connectivity index (χ1) is 14.6. The molecule has 1 heterocycles. The molecule has 3 rings (SSSR count). The Morgan fingerprint density at radius 1 is 1.00 bits per heavy atom. The number of hydrogen-bond acceptors (Lipinski definition) is 5. The zero-order chi connectivity index (χ0) is 21.2. The number of pyridine rings is 1. The number of guanidine groups is 1. The van der Waals surface area contributed by atoms with Crippen molar-refractivity contribution in [1.82, 2.24) is 15.0 Å². The van der Waals surface area contributed by atoms with E-state index in [1.165, 1.54) is 0 Å². The van der Waals surface area contributed by atoms with Crippen LogP contribution in [0.4, 0.5) is 5.69 Å². The number of sulfonamides is 1. The molecule has 0 aliphatic rings. The highest BCUT2D eigenvalue weighted by atomic mass is 32.2. The largest absolute Gasteiger partial charge is 0.325 e. The van der Waals surface area contributed by atoms with Crippen LogP contribution in [0.3, 0.4) is 0 Å². The van der Waals surface area contributed by atoms with Crippen molar-refractivity contribution in [3.05, 3.63) is 79.1 Å². The highest BCUT2D eigenvalue weighted by Crippen LogP contribution is 2.26. The summed E-state index contributed by atoms with van der Waals surface area (Å²) >= 11 is 0. The summed E-state index contributed by atoms with van der Waals surface area (Å²) < 4.78 is 28.2. The van der Waals surface area contributed by atoms with E-state index in [0.29, 0.717) is 11.3 Å². The lowest BCUT2D eigenvalue weighted by Crippen LogP contribution is -2.30. The maximum atomic E-state index is 12.8. The first-order valence-corrected chi connectivity index (χ1v) is 10.6. The number of rotatable bonds is 7. The average molecular weight is 420 g/mol. The quantitative estimate of drug-likeness (QED) is 0.178. The van der Waals surface area contributed by atoms with Crippen molar-refractivity contribution >= 4 is 21.7 Å². The third kappa shape index (κ3) is 5.64. The number of aromatic nitrogens is 1. The van der Waals surface area contributed by atoms with E-state index in [-0.39, 0.29) is 23.9 Å². The van der Waals surface area contributed by atoms with E-state index >= 15 is 0 Å². The number of aliphatic imine (C=N–C) groups is 1. The summed E-state index contributed by atoms with van der Waals surface area (Å²) in [5.41, 5.74) is 2.14. The second-order valence-electron chi connectivity index (χ2n) is 6.09. The average Bonchev–Trinajstić information content (AvgIpc) is 2.78. The molecule has 3 N–H and O–H groups in total. The fourth-order valence-electron chi connectivity index (χ4n) is 2.72. The Hall–Kier alpha value is -3.74. The lowest BCUT2D eigenvalue weighted by molar-refractivity contribution is 0.582. The molecule has 0 aliphatic heterocycles. The molecule has 0 saturated carbocycles. The number of nitrogens with one attached hydrogen (secondary N) is 3. The summed E-state index contributed by atoms with van der Waals surface area (Å²) in [6.07, 6.45) is 5.00. The van der Waals surface area contributed by atoms with Gasteiger partial charge in [0.1, 0.15) is 0 Å². The van der Waals surface area contributed by atoms with Crippen LogP contribution in [0, 0.1) is 11.5 Å². The molecular weight excluding hydrogens is 400 g/mol. The lowest BCUT2D eigenvalue weighted by Gasteiger charge is -2.12. The van der Waals surface area contributed by atoms with E-state index < -0.39 is 10.0 Å². The predicted molar refractivity (Wildman–Crippen MR) is 116 cm³/mol. The van der Waals surface area contributed by atoms with Crippen LogP contribution in [0.15, 0.2) is 89.0 Å². The Balaban J connectivity index is 1.68. The van der Waals surface area contributed by atoms with Gasteiger partial charge in [0.2, 0.25) is 16.0 Å². The maximum absolute atomic E-state index is 12.8. The molecule has 1 aromatic heterocycles. The minimum atomic E-state index is -3.74. The van der Waals surface area contributed by atoms with E-state index in [9.17, 15) is 8.42 Å². The number of hydrogen-bond donors (Lipinski definition) is 3. The first kappa shape index (κ1) is 21.0. The van der Waals surface area contributed by atoms with Crippen molar-refractivity contribution in [3.63, 3.8) is 0 Å². The Kier molecular flexibility index (Phi) is 7.10. The van der Waals surface area contributed by atoms with Crippen molar-refractivity contribution in [3.8, 4) is 17.3 Å². The monoisotopic (exact) mass is 420 g/mol. The van der Waals surface area contributed by atoms with Gasteiger partial charge in [0.15, 0.2) is 6.19 Å². The molecule has 0 atom stereocenters. The van der Waals surface area contributed by atoms with E-state index in [4.69, 9.17) is 5.26 Å². The number of nitrogens with zero attached hydrogens (tertiary/aromatic N) is 3. The lowest BCUT2D eigenvalue weighted by atomic mass is 10.1. The van der Waals surface area contributed by atoms with Gasteiger partial charge in [-0.15, -0.1) is 0 Å². The van der Waals surface area contributed by atoms with E-state index in [1.54, 1.807) is 55.0 Å².